The first-order chi connectivity index (χ1) is 35.1. The summed E-state index contributed by atoms with van der Waals surface area (Å²) in [7, 11) is -10.9. The van der Waals surface area contributed by atoms with E-state index in [9.17, 15) is 48.6 Å². The van der Waals surface area contributed by atoms with Crippen LogP contribution in [0.25, 0.3) is 0 Å². The van der Waals surface area contributed by atoms with Crippen LogP contribution in [0.2, 0.25) is 0 Å². The Bertz CT molecular complexity index is 2020. The molecule has 2 rings (SSSR count). The van der Waals surface area contributed by atoms with E-state index < -0.39 is 89.8 Å². The van der Waals surface area contributed by atoms with E-state index in [1.165, 1.54) is 70.3 Å². The van der Waals surface area contributed by atoms with Crippen molar-refractivity contribution in [2.45, 2.75) is 198 Å². The van der Waals surface area contributed by atoms with Crippen LogP contribution >= 0.6 is 15.6 Å². The van der Waals surface area contributed by atoms with Crippen LogP contribution in [0.3, 0.4) is 0 Å². The topological polar surface area (TPSA) is 286 Å². The van der Waals surface area contributed by atoms with Gasteiger partial charge in [0, 0.05) is 19.0 Å². The van der Waals surface area contributed by atoms with Crippen molar-refractivity contribution in [3.05, 3.63) is 95.7 Å². The van der Waals surface area contributed by atoms with Crippen LogP contribution in [0.15, 0.2) is 90.0 Å². The Morgan fingerprint density at radius 2 is 1.32 bits per heavy atom. The number of carbonyl (C=O) groups is 2. The molecule has 0 amide bonds. The number of unbranched alkanes of at least 4 members (excludes halogenated alkanes) is 14. The summed E-state index contributed by atoms with van der Waals surface area (Å²) in [4.78, 5) is 61.9. The quantitative estimate of drug-likeness (QED) is 0.0117. The largest absolute Gasteiger partial charge is 0.481 e. The van der Waals surface area contributed by atoms with Gasteiger partial charge in [-0.15, -0.1) is 0 Å². The van der Waals surface area contributed by atoms with Gasteiger partial charge in [0.15, 0.2) is 12.3 Å². The molecule has 414 valence electrons. The molecule has 19 nitrogen and oxygen atoms in total. The molecule has 7 N–H and O–H groups in total. The number of nitrogens with zero attached hydrogens (tertiary/aromatic N) is 2. The second-order valence-electron chi connectivity index (χ2n) is 17.8. The number of ether oxygens (including phenoxy) is 3. The number of hydrogen-bond donors (Lipinski definition) is 6. The normalized spacial score (nSPS) is 20.0. The fourth-order valence-corrected chi connectivity index (χ4v) is 9.47. The predicted molar refractivity (Wildman–Crippen MR) is 281 cm³/mol. The van der Waals surface area contributed by atoms with E-state index in [-0.39, 0.29) is 31.5 Å². The van der Waals surface area contributed by atoms with Crippen molar-refractivity contribution in [2.75, 3.05) is 25.6 Å². The van der Waals surface area contributed by atoms with Crippen molar-refractivity contribution in [3.8, 4) is 0 Å². The Kier molecular flexibility index (Phi) is 35.4. The van der Waals surface area contributed by atoms with Crippen LogP contribution in [0.5, 0.6) is 0 Å². The van der Waals surface area contributed by atoms with Gasteiger partial charge in [0.05, 0.1) is 19.3 Å². The number of allylic oxidation sites excluding steroid dienone is 10. The number of hydrogen-bond acceptors (Lipinski definition) is 16. The van der Waals surface area contributed by atoms with Gasteiger partial charge in [0.25, 0.3) is 0 Å². The molecule has 1 aliphatic heterocycles. The highest BCUT2D eigenvalue weighted by atomic mass is 31.3. The molecule has 0 spiro atoms. The Labute approximate surface area is 432 Å². The standard InChI is InChI=1S/C52H85N3O16P2/c1-3-5-7-9-11-13-15-17-18-20-22-24-26-28-32-36-47(57)66-40-44(69-48(58)37-33-29-31-35-43(56)34-30-27-25-23-21-19-16-14-12-10-8-6-4-2)41-67-72(62,63)71-73(64,65)68-42-45-49(59)50(60)51(70-45)55-39-38-46(53)54-52(55)61/h6,8,12,14,19,21,25,27,29-31,34,38-39,43-45,49-51,56,59-60H,3-5,7,9-11,13,15-18,20,22-24,26,28,32-33,35-37,40-42H2,1-2H3,(H,62,63)(H,64,65)(H2,53,54,61)/b8-6-,14-12-,21-19-,27-25-,31-29-,34-30-/t43?,44-,45-,49-,50-,51-/m1/s1. The number of anilines is 1. The van der Waals surface area contributed by atoms with Gasteiger partial charge in [-0.3, -0.25) is 23.2 Å². The second-order valence-corrected chi connectivity index (χ2v) is 20.9. The number of nitrogens with two attached hydrogens (primary N) is 1. The lowest BCUT2D eigenvalue weighted by Gasteiger charge is -2.21. The molecule has 0 radical (unpaired) electrons. The zero-order chi connectivity index (χ0) is 53.6. The molecule has 0 saturated carbocycles. The summed E-state index contributed by atoms with van der Waals surface area (Å²) < 4.78 is 56.6. The molecule has 2 heterocycles. The molecule has 0 bridgehead atoms. The summed E-state index contributed by atoms with van der Waals surface area (Å²) in [6, 6.07) is 1.24. The molecule has 0 aliphatic carbocycles. The van der Waals surface area contributed by atoms with Gasteiger partial charge in [0.2, 0.25) is 0 Å². The minimum Gasteiger partial charge on any atom is -0.462 e. The number of esters is 2. The fraction of sp³-hybridized carbons (Fsp3) is 0.654. The van der Waals surface area contributed by atoms with Crippen molar-refractivity contribution < 1.29 is 71.4 Å². The summed E-state index contributed by atoms with van der Waals surface area (Å²) in [6.45, 7) is 1.88. The third kappa shape index (κ3) is 32.3. The summed E-state index contributed by atoms with van der Waals surface area (Å²) >= 11 is 0. The van der Waals surface area contributed by atoms with E-state index in [4.69, 9.17) is 29.0 Å². The van der Waals surface area contributed by atoms with E-state index in [1.807, 2.05) is 12.2 Å². The lowest BCUT2D eigenvalue weighted by molar-refractivity contribution is -0.161. The Balaban J connectivity index is 1.85. The van der Waals surface area contributed by atoms with Crippen LogP contribution < -0.4 is 11.4 Å². The number of aliphatic hydroxyl groups excluding tert-OH is 3. The Hall–Kier alpha value is -3.84. The highest BCUT2D eigenvalue weighted by Gasteiger charge is 2.46. The molecule has 1 aromatic rings. The molecular formula is C52H85N3O16P2. The minimum absolute atomic E-state index is 0.0898. The van der Waals surface area contributed by atoms with Gasteiger partial charge in [-0.25, -0.2) is 13.9 Å². The number of rotatable bonds is 42. The first-order valence-corrected chi connectivity index (χ1v) is 29.0. The van der Waals surface area contributed by atoms with Crippen LogP contribution in [0, 0.1) is 0 Å². The fourth-order valence-electron chi connectivity index (χ4n) is 7.36. The predicted octanol–water partition coefficient (Wildman–Crippen LogP) is 9.86. The minimum atomic E-state index is -5.47. The van der Waals surface area contributed by atoms with Crippen molar-refractivity contribution in [1.29, 1.82) is 0 Å². The maximum atomic E-state index is 12.9. The average Bonchev–Trinajstić information content (AvgIpc) is 3.62. The van der Waals surface area contributed by atoms with E-state index in [0.29, 0.717) is 6.42 Å². The van der Waals surface area contributed by atoms with Crippen molar-refractivity contribution in [1.82, 2.24) is 9.55 Å². The number of aromatic nitrogens is 2. The molecule has 3 unspecified atom stereocenters. The lowest BCUT2D eigenvalue weighted by Crippen LogP contribution is -2.36. The molecule has 8 atom stereocenters. The van der Waals surface area contributed by atoms with E-state index >= 15 is 0 Å². The number of aliphatic hydroxyl groups is 3. The summed E-state index contributed by atoms with van der Waals surface area (Å²) in [6.07, 6.45) is 37.2. The maximum absolute atomic E-state index is 12.9. The van der Waals surface area contributed by atoms with Crippen LogP contribution in [-0.4, -0.2) is 96.9 Å². The number of carbonyl (C=O) groups excluding carboxylic acids is 2. The van der Waals surface area contributed by atoms with Crippen LogP contribution in [-0.2, 0) is 46.3 Å². The van der Waals surface area contributed by atoms with Gasteiger partial charge in [-0.2, -0.15) is 9.29 Å². The summed E-state index contributed by atoms with van der Waals surface area (Å²) in [5.74, 6) is -1.49. The Morgan fingerprint density at radius 1 is 0.740 bits per heavy atom. The second kappa shape index (κ2) is 39.6. The third-order valence-electron chi connectivity index (χ3n) is 11.4. The van der Waals surface area contributed by atoms with Gasteiger partial charge in [-0.05, 0) is 51.0 Å². The molecule has 1 aromatic heterocycles. The number of phosphoric acid groups is 2. The van der Waals surface area contributed by atoms with Gasteiger partial charge >= 0.3 is 33.3 Å². The average molecular weight is 1070 g/mol. The smallest absolute Gasteiger partial charge is 0.462 e. The first-order valence-electron chi connectivity index (χ1n) is 26.1. The summed E-state index contributed by atoms with van der Waals surface area (Å²) in [5.41, 5.74) is 4.57. The van der Waals surface area contributed by atoms with Crippen LogP contribution in [0.4, 0.5) is 5.82 Å². The first kappa shape index (κ1) is 65.3. The zero-order valence-corrected chi connectivity index (χ0v) is 44.8. The van der Waals surface area contributed by atoms with Gasteiger partial charge in [-0.1, -0.05) is 177 Å². The van der Waals surface area contributed by atoms with Gasteiger partial charge < -0.3 is 45.1 Å². The third-order valence-corrected chi connectivity index (χ3v) is 14.0. The van der Waals surface area contributed by atoms with Gasteiger partial charge in [0.1, 0.15) is 30.7 Å². The van der Waals surface area contributed by atoms with Crippen molar-refractivity contribution in [3.63, 3.8) is 0 Å². The Morgan fingerprint density at radius 3 is 1.92 bits per heavy atom. The SMILES string of the molecule is CC/C=C\C/C=C\C/C=C\C/C=C\C=C/C(O)C/C=C\CCC(=O)O[C@H](COC(=O)CCCCCCCCCCCCCCCCC)COP(=O)(O)OP(=O)(O)OC[C@H]1O[C@@H](n2ccc(N)nc2=O)[C@H](O)[C@@H]1O. The number of phosphoric ester groups is 2. The van der Waals surface area contributed by atoms with Crippen molar-refractivity contribution >= 4 is 33.4 Å². The molecule has 73 heavy (non-hydrogen) atoms. The highest BCUT2D eigenvalue weighted by Crippen LogP contribution is 2.60. The number of nitrogen functional groups attached to an aromatic ring is 1. The lowest BCUT2D eigenvalue weighted by atomic mass is 10.0. The van der Waals surface area contributed by atoms with E-state index in [2.05, 4.69) is 59.6 Å². The summed E-state index contributed by atoms with van der Waals surface area (Å²) in [5, 5.41) is 31.2. The van der Waals surface area contributed by atoms with E-state index in [0.717, 1.165) is 62.1 Å². The zero-order valence-electron chi connectivity index (χ0n) is 43.0. The maximum Gasteiger partial charge on any atom is 0.481 e. The van der Waals surface area contributed by atoms with Crippen molar-refractivity contribution in [2.24, 2.45) is 0 Å². The molecule has 0 aromatic carbocycles. The molecule has 1 saturated heterocycles. The van der Waals surface area contributed by atoms with Crippen LogP contribution in [0.1, 0.15) is 168 Å². The highest BCUT2D eigenvalue weighted by molar-refractivity contribution is 7.61. The monoisotopic (exact) mass is 1070 g/mol. The molecule has 1 fully saturated rings. The molecule has 21 heteroatoms. The molecule has 1 aliphatic rings. The van der Waals surface area contributed by atoms with E-state index in [1.54, 1.807) is 24.3 Å². The molecular weight excluding hydrogens is 985 g/mol.